The summed E-state index contributed by atoms with van der Waals surface area (Å²) >= 11 is 0. The second kappa shape index (κ2) is 6.51. The van der Waals surface area contributed by atoms with E-state index in [9.17, 15) is 0 Å². The van der Waals surface area contributed by atoms with Crippen molar-refractivity contribution >= 4 is 0 Å². The Kier molecular flexibility index (Phi) is 4.44. The Labute approximate surface area is 108 Å². The second-order valence-electron chi connectivity index (χ2n) is 3.99. The minimum atomic E-state index is 0.863. The van der Waals surface area contributed by atoms with E-state index in [0.29, 0.717) is 0 Å². The molecule has 0 N–H and O–H groups in total. The van der Waals surface area contributed by atoms with Gasteiger partial charge in [-0.25, -0.2) is 0 Å². The van der Waals surface area contributed by atoms with E-state index in [2.05, 4.69) is 24.0 Å². The molecule has 0 aliphatic heterocycles. The maximum Gasteiger partial charge on any atom is 0.127 e. The molecule has 2 aromatic carbocycles. The normalized spacial score (nSPS) is 9.39. The van der Waals surface area contributed by atoms with Gasteiger partial charge in [0.2, 0.25) is 0 Å². The summed E-state index contributed by atoms with van der Waals surface area (Å²) in [5.74, 6) is 7.71. The molecule has 0 aliphatic rings. The van der Waals surface area contributed by atoms with Gasteiger partial charge >= 0.3 is 0 Å². The minimum Gasteiger partial charge on any atom is -0.457 e. The van der Waals surface area contributed by atoms with E-state index >= 15 is 0 Å². The predicted molar refractivity (Wildman–Crippen MR) is 74.7 cm³/mol. The first-order chi connectivity index (χ1) is 8.88. The third-order valence-corrected chi connectivity index (χ3v) is 2.62. The molecule has 2 aromatic rings. The van der Waals surface area contributed by atoms with Gasteiger partial charge in [0.05, 0.1) is 0 Å². The van der Waals surface area contributed by atoms with Gasteiger partial charge in [0.25, 0.3) is 0 Å². The van der Waals surface area contributed by atoms with Gasteiger partial charge in [-0.1, -0.05) is 30.3 Å². The van der Waals surface area contributed by atoms with Gasteiger partial charge in [-0.2, -0.15) is 0 Å². The summed E-state index contributed by atoms with van der Waals surface area (Å²) < 4.78 is 5.73. The maximum absolute atomic E-state index is 5.73. The largest absolute Gasteiger partial charge is 0.457 e. The Morgan fingerprint density at radius 2 is 1.56 bits per heavy atom. The molecule has 0 saturated heterocycles. The van der Waals surface area contributed by atoms with Gasteiger partial charge in [-0.3, -0.25) is 0 Å². The van der Waals surface area contributed by atoms with Crippen molar-refractivity contribution in [3.8, 4) is 23.3 Å². The Bertz CT molecular complexity index is 529. The van der Waals surface area contributed by atoms with Crippen LogP contribution in [0.15, 0.2) is 54.6 Å². The average Bonchev–Trinajstić information content (AvgIpc) is 2.42. The highest BCUT2D eigenvalue weighted by Gasteiger charge is 1.97. The van der Waals surface area contributed by atoms with Crippen molar-refractivity contribution in [1.82, 2.24) is 0 Å². The fourth-order valence-corrected chi connectivity index (χ4v) is 1.68. The Morgan fingerprint density at radius 1 is 0.889 bits per heavy atom. The van der Waals surface area contributed by atoms with Gasteiger partial charge in [-0.05, 0) is 43.2 Å². The second-order valence-corrected chi connectivity index (χ2v) is 3.99. The molecule has 0 aliphatic carbocycles. The molecule has 1 heteroatoms. The first-order valence-electron chi connectivity index (χ1n) is 6.10. The fourth-order valence-electron chi connectivity index (χ4n) is 1.68. The summed E-state index contributed by atoms with van der Waals surface area (Å²) in [5, 5.41) is 0. The standard InChI is InChI=1S/C17H16O/c1-2-3-5-8-15-11-13-17(14-12-15)18-16-9-6-4-7-10-16/h4,6-7,9-14H,5,8H2,1H3. The van der Waals surface area contributed by atoms with Gasteiger partial charge < -0.3 is 4.74 Å². The van der Waals surface area contributed by atoms with Gasteiger partial charge in [-0.15, -0.1) is 11.8 Å². The van der Waals surface area contributed by atoms with Crippen LogP contribution < -0.4 is 4.74 Å². The summed E-state index contributed by atoms with van der Waals surface area (Å²) in [4.78, 5) is 0. The minimum absolute atomic E-state index is 0.863. The molecule has 1 nitrogen and oxygen atoms in total. The van der Waals surface area contributed by atoms with E-state index in [1.807, 2.05) is 49.4 Å². The van der Waals surface area contributed by atoms with E-state index in [0.717, 1.165) is 24.3 Å². The summed E-state index contributed by atoms with van der Waals surface area (Å²) in [7, 11) is 0. The summed E-state index contributed by atoms with van der Waals surface area (Å²) in [6.07, 6.45) is 1.90. The lowest BCUT2D eigenvalue weighted by molar-refractivity contribution is 0.482. The molecule has 0 aromatic heterocycles. The van der Waals surface area contributed by atoms with Crippen LogP contribution in [-0.2, 0) is 6.42 Å². The van der Waals surface area contributed by atoms with E-state index in [4.69, 9.17) is 4.74 Å². The van der Waals surface area contributed by atoms with Crippen LogP contribution in [0, 0.1) is 11.8 Å². The molecule has 0 spiro atoms. The van der Waals surface area contributed by atoms with Crippen molar-refractivity contribution in [2.45, 2.75) is 19.8 Å². The zero-order chi connectivity index (χ0) is 12.6. The van der Waals surface area contributed by atoms with Crippen LogP contribution in [0.1, 0.15) is 18.9 Å². The van der Waals surface area contributed by atoms with Crippen LogP contribution in [-0.4, -0.2) is 0 Å². The Hall–Kier alpha value is -2.20. The van der Waals surface area contributed by atoms with Crippen molar-refractivity contribution in [2.24, 2.45) is 0 Å². The number of rotatable bonds is 4. The fraction of sp³-hybridized carbons (Fsp3) is 0.176. The van der Waals surface area contributed by atoms with Gasteiger partial charge in [0.15, 0.2) is 0 Å². The molecule has 0 amide bonds. The average molecular weight is 236 g/mol. The molecule has 18 heavy (non-hydrogen) atoms. The molecule has 0 unspecified atom stereocenters. The van der Waals surface area contributed by atoms with E-state index in [1.165, 1.54) is 5.56 Å². The lowest BCUT2D eigenvalue weighted by Gasteiger charge is -2.06. The van der Waals surface area contributed by atoms with Gasteiger partial charge in [0.1, 0.15) is 11.5 Å². The third-order valence-electron chi connectivity index (χ3n) is 2.62. The van der Waals surface area contributed by atoms with E-state index in [1.54, 1.807) is 0 Å². The van der Waals surface area contributed by atoms with Crippen molar-refractivity contribution in [2.75, 3.05) is 0 Å². The first kappa shape index (κ1) is 12.3. The highest BCUT2D eigenvalue weighted by molar-refractivity contribution is 5.33. The van der Waals surface area contributed by atoms with Crippen LogP contribution >= 0.6 is 0 Å². The molecule has 0 fully saturated rings. The molecule has 0 saturated carbocycles. The number of benzene rings is 2. The molecule has 0 heterocycles. The van der Waals surface area contributed by atoms with Crippen LogP contribution in [0.3, 0.4) is 0 Å². The molecule has 0 atom stereocenters. The van der Waals surface area contributed by atoms with E-state index < -0.39 is 0 Å². The maximum atomic E-state index is 5.73. The smallest absolute Gasteiger partial charge is 0.127 e. The highest BCUT2D eigenvalue weighted by Crippen LogP contribution is 2.21. The molecule has 90 valence electrons. The predicted octanol–water partition coefficient (Wildman–Crippen LogP) is 4.43. The van der Waals surface area contributed by atoms with Crippen LogP contribution in [0.2, 0.25) is 0 Å². The van der Waals surface area contributed by atoms with Crippen molar-refractivity contribution in [1.29, 1.82) is 0 Å². The molecular formula is C17H16O. The Balaban J connectivity index is 1.97. The monoisotopic (exact) mass is 236 g/mol. The lowest BCUT2D eigenvalue weighted by atomic mass is 10.1. The van der Waals surface area contributed by atoms with Crippen LogP contribution in [0.5, 0.6) is 11.5 Å². The first-order valence-corrected chi connectivity index (χ1v) is 6.10. The summed E-state index contributed by atoms with van der Waals surface area (Å²) in [5.41, 5.74) is 1.29. The summed E-state index contributed by atoms with van der Waals surface area (Å²) in [6, 6.07) is 18.0. The number of para-hydroxylation sites is 1. The van der Waals surface area contributed by atoms with Crippen molar-refractivity contribution in [3.63, 3.8) is 0 Å². The molecule has 0 radical (unpaired) electrons. The number of ether oxygens (including phenoxy) is 1. The number of hydrogen-bond donors (Lipinski definition) is 0. The number of hydrogen-bond acceptors (Lipinski definition) is 1. The number of aryl methyl sites for hydroxylation is 1. The SMILES string of the molecule is CC#CCCc1ccc(Oc2ccccc2)cc1. The quantitative estimate of drug-likeness (QED) is 0.713. The van der Waals surface area contributed by atoms with Crippen molar-refractivity contribution in [3.05, 3.63) is 60.2 Å². The third kappa shape index (κ3) is 3.68. The Morgan fingerprint density at radius 3 is 2.22 bits per heavy atom. The van der Waals surface area contributed by atoms with E-state index in [-0.39, 0.29) is 0 Å². The topological polar surface area (TPSA) is 9.23 Å². The van der Waals surface area contributed by atoms with Crippen LogP contribution in [0.25, 0.3) is 0 Å². The van der Waals surface area contributed by atoms with Gasteiger partial charge in [0, 0.05) is 6.42 Å². The zero-order valence-corrected chi connectivity index (χ0v) is 10.5. The highest BCUT2D eigenvalue weighted by atomic mass is 16.5. The summed E-state index contributed by atoms with van der Waals surface area (Å²) in [6.45, 7) is 1.87. The zero-order valence-electron chi connectivity index (χ0n) is 10.5. The lowest BCUT2D eigenvalue weighted by Crippen LogP contribution is -1.86. The molecule has 2 rings (SSSR count). The van der Waals surface area contributed by atoms with Crippen molar-refractivity contribution < 1.29 is 4.74 Å². The van der Waals surface area contributed by atoms with Crippen LogP contribution in [0.4, 0.5) is 0 Å². The molecule has 0 bridgehead atoms. The molecular weight excluding hydrogens is 220 g/mol.